The first-order valence-electron chi connectivity index (χ1n) is 5.47. The van der Waals surface area contributed by atoms with Gasteiger partial charge in [-0.15, -0.1) is 0 Å². The summed E-state index contributed by atoms with van der Waals surface area (Å²) in [7, 11) is 0. The maximum Gasteiger partial charge on any atom is 0.0854 e. The van der Waals surface area contributed by atoms with Crippen LogP contribution in [0.25, 0.3) is 10.9 Å². The van der Waals surface area contributed by atoms with E-state index in [-0.39, 0.29) is 6.61 Å². The molecule has 0 amide bonds. The van der Waals surface area contributed by atoms with Gasteiger partial charge in [-0.3, -0.25) is 4.98 Å². The zero-order valence-electron chi connectivity index (χ0n) is 9.57. The van der Waals surface area contributed by atoms with E-state index in [9.17, 15) is 0 Å². The fraction of sp³-hybridized carbons (Fsp3) is 0.308. The summed E-state index contributed by atoms with van der Waals surface area (Å²) >= 11 is 0. The van der Waals surface area contributed by atoms with Crippen LogP contribution in [0.2, 0.25) is 0 Å². The van der Waals surface area contributed by atoms with E-state index >= 15 is 0 Å². The highest BCUT2D eigenvalue weighted by molar-refractivity contribution is 5.91. The van der Waals surface area contributed by atoms with Crippen LogP contribution in [0.4, 0.5) is 5.69 Å². The molecule has 0 fully saturated rings. The number of fused-ring (bicyclic) bond motifs is 1. The summed E-state index contributed by atoms with van der Waals surface area (Å²) in [5.41, 5.74) is 2.64. The third-order valence-corrected chi connectivity index (χ3v) is 2.38. The van der Waals surface area contributed by atoms with E-state index < -0.39 is 0 Å². The molecule has 2 N–H and O–H groups in total. The smallest absolute Gasteiger partial charge is 0.0854 e. The predicted molar refractivity (Wildman–Crippen MR) is 66.4 cm³/mol. The Balaban J connectivity index is 2.59. The number of aliphatic hydroxyl groups is 1. The quantitative estimate of drug-likeness (QED) is 0.828. The van der Waals surface area contributed by atoms with Crippen LogP contribution in [0.3, 0.4) is 0 Å². The second-order valence-corrected chi connectivity index (χ2v) is 4.14. The summed E-state index contributed by atoms with van der Waals surface area (Å²) in [6, 6.07) is 10.2. The molecule has 1 heterocycles. The molecule has 3 heteroatoms. The number of benzene rings is 1. The number of para-hydroxylation sites is 1. The molecular formula is C13H16N2O. The summed E-state index contributed by atoms with van der Waals surface area (Å²) in [6.07, 6.45) is 0. The average molecular weight is 216 g/mol. The molecule has 0 spiro atoms. The largest absolute Gasteiger partial charge is 0.390 e. The van der Waals surface area contributed by atoms with Crippen molar-refractivity contribution in [3.05, 3.63) is 36.0 Å². The van der Waals surface area contributed by atoms with Gasteiger partial charge in [-0.05, 0) is 26.0 Å². The van der Waals surface area contributed by atoms with Crippen LogP contribution in [0.1, 0.15) is 19.5 Å². The summed E-state index contributed by atoms with van der Waals surface area (Å²) in [5, 5.41) is 13.6. The number of hydrogen-bond acceptors (Lipinski definition) is 3. The standard InChI is InChI=1S/C13H16N2O/c1-9(2)14-13-7-10(8-16)15-12-6-4-3-5-11(12)13/h3-7,9,16H,8H2,1-2H3,(H,14,15). The molecule has 2 aromatic rings. The number of nitrogens with zero attached hydrogens (tertiary/aromatic N) is 1. The molecule has 2 rings (SSSR count). The highest BCUT2D eigenvalue weighted by Gasteiger charge is 2.05. The van der Waals surface area contributed by atoms with E-state index in [0.717, 1.165) is 16.6 Å². The lowest BCUT2D eigenvalue weighted by Crippen LogP contribution is -2.10. The molecule has 84 valence electrons. The first-order chi connectivity index (χ1) is 7.70. The number of pyridine rings is 1. The fourth-order valence-corrected chi connectivity index (χ4v) is 1.74. The van der Waals surface area contributed by atoms with Crippen molar-refractivity contribution in [1.29, 1.82) is 0 Å². The van der Waals surface area contributed by atoms with E-state index in [1.807, 2.05) is 30.3 Å². The van der Waals surface area contributed by atoms with E-state index in [2.05, 4.69) is 24.1 Å². The van der Waals surface area contributed by atoms with Crippen molar-refractivity contribution in [3.63, 3.8) is 0 Å². The fourth-order valence-electron chi connectivity index (χ4n) is 1.74. The van der Waals surface area contributed by atoms with Crippen LogP contribution in [-0.2, 0) is 6.61 Å². The molecule has 0 unspecified atom stereocenters. The van der Waals surface area contributed by atoms with E-state index in [1.54, 1.807) is 0 Å². The van der Waals surface area contributed by atoms with Crippen LogP contribution in [-0.4, -0.2) is 16.1 Å². The third kappa shape index (κ3) is 2.14. The van der Waals surface area contributed by atoms with Crippen molar-refractivity contribution in [3.8, 4) is 0 Å². The minimum absolute atomic E-state index is 0.0301. The minimum Gasteiger partial charge on any atom is -0.390 e. The van der Waals surface area contributed by atoms with Crippen molar-refractivity contribution < 1.29 is 5.11 Å². The lowest BCUT2D eigenvalue weighted by atomic mass is 10.1. The zero-order chi connectivity index (χ0) is 11.5. The van der Waals surface area contributed by atoms with Gasteiger partial charge in [0.25, 0.3) is 0 Å². The Bertz CT molecular complexity index is 494. The van der Waals surface area contributed by atoms with Gasteiger partial charge in [0.05, 0.1) is 17.8 Å². The van der Waals surface area contributed by atoms with Crippen LogP contribution in [0.5, 0.6) is 0 Å². The van der Waals surface area contributed by atoms with Gasteiger partial charge < -0.3 is 10.4 Å². The Morgan fingerprint density at radius 1 is 1.31 bits per heavy atom. The zero-order valence-corrected chi connectivity index (χ0v) is 9.57. The summed E-state index contributed by atoms with van der Waals surface area (Å²) in [4.78, 5) is 4.37. The Kier molecular flexibility index (Phi) is 3.06. The number of nitrogens with one attached hydrogen (secondary N) is 1. The van der Waals surface area contributed by atoms with E-state index in [4.69, 9.17) is 5.11 Å². The van der Waals surface area contributed by atoms with Crippen LogP contribution < -0.4 is 5.32 Å². The first-order valence-corrected chi connectivity index (χ1v) is 5.47. The first kappa shape index (κ1) is 10.9. The van der Waals surface area contributed by atoms with Gasteiger partial charge in [0.15, 0.2) is 0 Å². The summed E-state index contributed by atoms with van der Waals surface area (Å²) < 4.78 is 0. The molecule has 0 saturated carbocycles. The van der Waals surface area contributed by atoms with Gasteiger partial charge in [0.1, 0.15) is 0 Å². The Morgan fingerprint density at radius 2 is 2.06 bits per heavy atom. The molecule has 0 aliphatic carbocycles. The van der Waals surface area contributed by atoms with Gasteiger partial charge >= 0.3 is 0 Å². The van der Waals surface area contributed by atoms with Gasteiger partial charge in [0.2, 0.25) is 0 Å². The van der Waals surface area contributed by atoms with Crippen molar-refractivity contribution in [2.45, 2.75) is 26.5 Å². The molecule has 0 saturated heterocycles. The number of rotatable bonds is 3. The highest BCUT2D eigenvalue weighted by atomic mass is 16.3. The van der Waals surface area contributed by atoms with Gasteiger partial charge in [-0.2, -0.15) is 0 Å². The van der Waals surface area contributed by atoms with Crippen molar-refractivity contribution >= 4 is 16.6 Å². The lowest BCUT2D eigenvalue weighted by Gasteiger charge is -2.13. The molecular weight excluding hydrogens is 200 g/mol. The SMILES string of the molecule is CC(C)Nc1cc(CO)nc2ccccc12. The summed E-state index contributed by atoms with van der Waals surface area (Å²) in [5.74, 6) is 0. The van der Waals surface area contributed by atoms with E-state index in [0.29, 0.717) is 11.7 Å². The third-order valence-electron chi connectivity index (χ3n) is 2.38. The number of aromatic nitrogens is 1. The van der Waals surface area contributed by atoms with Crippen LogP contribution >= 0.6 is 0 Å². The van der Waals surface area contributed by atoms with Crippen molar-refractivity contribution in [2.75, 3.05) is 5.32 Å². The molecule has 16 heavy (non-hydrogen) atoms. The maximum absolute atomic E-state index is 9.17. The highest BCUT2D eigenvalue weighted by Crippen LogP contribution is 2.23. The molecule has 0 radical (unpaired) electrons. The minimum atomic E-state index is -0.0301. The monoisotopic (exact) mass is 216 g/mol. The molecule has 1 aromatic heterocycles. The average Bonchev–Trinajstić information content (AvgIpc) is 2.28. The molecule has 0 aliphatic rings. The maximum atomic E-state index is 9.17. The topological polar surface area (TPSA) is 45.1 Å². The number of hydrogen-bond donors (Lipinski definition) is 2. The molecule has 0 atom stereocenters. The van der Waals surface area contributed by atoms with Crippen LogP contribution in [0, 0.1) is 0 Å². The van der Waals surface area contributed by atoms with Gasteiger partial charge in [0, 0.05) is 17.1 Å². The molecule has 0 bridgehead atoms. The summed E-state index contributed by atoms with van der Waals surface area (Å²) in [6.45, 7) is 4.15. The second-order valence-electron chi connectivity index (χ2n) is 4.14. The molecule has 0 aliphatic heterocycles. The van der Waals surface area contributed by atoms with Gasteiger partial charge in [-0.1, -0.05) is 18.2 Å². The van der Waals surface area contributed by atoms with Gasteiger partial charge in [-0.25, -0.2) is 0 Å². The predicted octanol–water partition coefficient (Wildman–Crippen LogP) is 2.55. The number of anilines is 1. The number of aliphatic hydroxyl groups excluding tert-OH is 1. The lowest BCUT2D eigenvalue weighted by molar-refractivity contribution is 0.277. The van der Waals surface area contributed by atoms with Crippen LogP contribution in [0.15, 0.2) is 30.3 Å². The van der Waals surface area contributed by atoms with Crippen molar-refractivity contribution in [1.82, 2.24) is 4.98 Å². The van der Waals surface area contributed by atoms with Crippen molar-refractivity contribution in [2.24, 2.45) is 0 Å². The second kappa shape index (κ2) is 4.49. The molecule has 3 nitrogen and oxygen atoms in total. The Labute approximate surface area is 95.1 Å². The normalized spacial score (nSPS) is 11.0. The van der Waals surface area contributed by atoms with E-state index in [1.165, 1.54) is 0 Å². The Hall–Kier alpha value is -1.61. The molecule has 1 aromatic carbocycles. The Morgan fingerprint density at radius 3 is 2.75 bits per heavy atom.